The first-order valence-electron chi connectivity index (χ1n) is 12.9. The molecule has 1 amide bonds. The molecule has 3 rings (SSSR count). The fourth-order valence-corrected chi connectivity index (χ4v) is 5.84. The Balaban J connectivity index is 1.83. The van der Waals surface area contributed by atoms with Crippen molar-refractivity contribution in [3.8, 4) is 0 Å². The van der Waals surface area contributed by atoms with Gasteiger partial charge >= 0.3 is 0 Å². The summed E-state index contributed by atoms with van der Waals surface area (Å²) in [6, 6.07) is 4.70. The highest BCUT2D eigenvalue weighted by Crippen LogP contribution is 2.34. The van der Waals surface area contributed by atoms with Crippen molar-refractivity contribution >= 4 is 23.2 Å². The number of carbonyl (C=O) groups is 1. The van der Waals surface area contributed by atoms with Gasteiger partial charge in [-0.1, -0.05) is 11.6 Å². The largest absolute Gasteiger partial charge is 0.396 e. The van der Waals surface area contributed by atoms with Crippen molar-refractivity contribution in [2.75, 3.05) is 32.1 Å². The summed E-state index contributed by atoms with van der Waals surface area (Å²) < 4.78 is 0. The zero-order valence-corrected chi connectivity index (χ0v) is 23.3. The van der Waals surface area contributed by atoms with E-state index in [1.807, 2.05) is 26.8 Å². The van der Waals surface area contributed by atoms with Gasteiger partial charge in [-0.25, -0.2) is 0 Å². The highest BCUT2D eigenvalue weighted by molar-refractivity contribution is 6.31. The second-order valence-corrected chi connectivity index (χ2v) is 10.6. The number of aromatic nitrogens is 1. The molecule has 0 aliphatic heterocycles. The number of aliphatic hydroxyl groups is 1. The number of aromatic amines is 1. The number of nitrogens with one attached hydrogen (secondary N) is 2. The molecular weight excluding hydrogens is 476 g/mol. The van der Waals surface area contributed by atoms with Gasteiger partial charge in [0.25, 0.3) is 11.5 Å². The quantitative estimate of drug-likeness (QED) is 0.466. The SMILES string of the molecule is CCN(c1cc(Cl)cc(C(=O)NCc2c(C)c(CCO)c(C)[nH]c2=O)c1C)C1CCC(N(C)C)CC1. The van der Waals surface area contributed by atoms with Crippen molar-refractivity contribution in [3.63, 3.8) is 0 Å². The average Bonchev–Trinajstić information content (AvgIpc) is 2.84. The monoisotopic (exact) mass is 516 g/mol. The first kappa shape index (κ1) is 28.2. The van der Waals surface area contributed by atoms with E-state index in [0.29, 0.717) is 34.7 Å². The van der Waals surface area contributed by atoms with Gasteiger partial charge in [-0.15, -0.1) is 0 Å². The van der Waals surface area contributed by atoms with Gasteiger partial charge in [-0.2, -0.15) is 0 Å². The molecule has 1 fully saturated rings. The van der Waals surface area contributed by atoms with E-state index in [4.69, 9.17) is 11.6 Å². The molecule has 1 saturated carbocycles. The maximum absolute atomic E-state index is 13.3. The zero-order valence-electron chi connectivity index (χ0n) is 22.5. The molecule has 7 nitrogen and oxygen atoms in total. The minimum Gasteiger partial charge on any atom is -0.396 e. The number of aliphatic hydroxyl groups excluding tert-OH is 1. The Hall–Kier alpha value is -2.35. The Kier molecular flexibility index (Phi) is 9.61. The van der Waals surface area contributed by atoms with Crippen molar-refractivity contribution in [1.29, 1.82) is 0 Å². The topological polar surface area (TPSA) is 88.7 Å². The van der Waals surface area contributed by atoms with Gasteiger partial charge < -0.3 is 25.2 Å². The molecule has 3 N–H and O–H groups in total. The molecule has 1 aromatic carbocycles. The Morgan fingerprint density at radius 2 is 1.72 bits per heavy atom. The minimum atomic E-state index is -0.258. The van der Waals surface area contributed by atoms with Gasteiger partial charge in [-0.3, -0.25) is 9.59 Å². The predicted octanol–water partition coefficient (Wildman–Crippen LogP) is 4.12. The van der Waals surface area contributed by atoms with E-state index in [9.17, 15) is 14.7 Å². The Labute approximate surface area is 219 Å². The number of nitrogens with zero attached hydrogens (tertiary/aromatic N) is 2. The lowest BCUT2D eigenvalue weighted by molar-refractivity contribution is 0.0950. The van der Waals surface area contributed by atoms with E-state index in [0.717, 1.165) is 60.3 Å². The van der Waals surface area contributed by atoms with Crippen molar-refractivity contribution in [2.45, 2.75) is 78.4 Å². The van der Waals surface area contributed by atoms with Crippen molar-refractivity contribution in [1.82, 2.24) is 15.2 Å². The van der Waals surface area contributed by atoms with E-state index in [2.05, 4.69) is 41.1 Å². The van der Waals surface area contributed by atoms with E-state index < -0.39 is 0 Å². The Morgan fingerprint density at radius 3 is 2.31 bits per heavy atom. The van der Waals surface area contributed by atoms with Gasteiger partial charge in [0.05, 0.1) is 0 Å². The summed E-state index contributed by atoms with van der Waals surface area (Å²) in [5.41, 5.74) is 5.16. The van der Waals surface area contributed by atoms with Gasteiger partial charge in [0.2, 0.25) is 0 Å². The normalized spacial score (nSPS) is 17.9. The summed E-state index contributed by atoms with van der Waals surface area (Å²) in [7, 11) is 4.29. The van der Waals surface area contributed by atoms with Crippen molar-refractivity contribution in [2.24, 2.45) is 0 Å². The fraction of sp³-hybridized carbons (Fsp3) is 0.571. The number of amides is 1. The van der Waals surface area contributed by atoms with Gasteiger partial charge in [-0.05, 0) is 103 Å². The lowest BCUT2D eigenvalue weighted by atomic mass is 9.89. The second-order valence-electron chi connectivity index (χ2n) is 10.1. The molecule has 0 unspecified atom stereocenters. The van der Waals surface area contributed by atoms with Crippen LogP contribution in [0.4, 0.5) is 5.69 Å². The van der Waals surface area contributed by atoms with Crippen molar-refractivity contribution in [3.05, 3.63) is 61.0 Å². The number of benzene rings is 1. The summed E-state index contributed by atoms with van der Waals surface area (Å²) >= 11 is 6.52. The van der Waals surface area contributed by atoms with Gasteiger partial charge in [0.1, 0.15) is 0 Å². The van der Waals surface area contributed by atoms with Crippen LogP contribution in [0.3, 0.4) is 0 Å². The first-order valence-corrected chi connectivity index (χ1v) is 13.3. The maximum atomic E-state index is 13.3. The summed E-state index contributed by atoms with van der Waals surface area (Å²) in [6.07, 6.45) is 4.98. The lowest BCUT2D eigenvalue weighted by Crippen LogP contribution is -2.42. The van der Waals surface area contributed by atoms with E-state index in [1.165, 1.54) is 0 Å². The van der Waals surface area contributed by atoms with Crippen LogP contribution in [0, 0.1) is 20.8 Å². The first-order chi connectivity index (χ1) is 17.1. The number of hydrogen-bond acceptors (Lipinski definition) is 5. The molecule has 8 heteroatoms. The second kappa shape index (κ2) is 12.3. The third kappa shape index (κ3) is 6.13. The van der Waals surface area contributed by atoms with Crippen molar-refractivity contribution < 1.29 is 9.90 Å². The summed E-state index contributed by atoms with van der Waals surface area (Å²) in [5.74, 6) is -0.258. The summed E-state index contributed by atoms with van der Waals surface area (Å²) in [6.45, 7) is 8.74. The molecule has 36 heavy (non-hydrogen) atoms. The molecular formula is C28H41ClN4O3. The predicted molar refractivity (Wildman–Crippen MR) is 147 cm³/mol. The van der Waals surface area contributed by atoms with Gasteiger partial charge in [0.15, 0.2) is 0 Å². The molecule has 0 saturated heterocycles. The van der Waals surface area contributed by atoms with Crippen LogP contribution in [-0.2, 0) is 13.0 Å². The van der Waals surface area contributed by atoms with Crippen LogP contribution in [0.25, 0.3) is 0 Å². The highest BCUT2D eigenvalue weighted by atomic mass is 35.5. The Morgan fingerprint density at radius 1 is 1.08 bits per heavy atom. The standard InChI is InChI=1S/C28H41ClN4O3/c1-7-33(22-10-8-21(9-11-22)32(5)6)26-15-20(29)14-24(18(26)3)27(35)30-16-25-17(2)23(12-13-34)19(4)31-28(25)36/h14-15,21-22,34H,7-13,16H2,1-6H3,(H,30,35)(H,31,36). The van der Waals surface area contributed by atoms with Crippen LogP contribution in [0.5, 0.6) is 0 Å². The molecule has 1 heterocycles. The average molecular weight is 517 g/mol. The number of H-pyrrole nitrogens is 1. The molecule has 2 aromatic rings. The van der Waals surface area contributed by atoms with Gasteiger partial charge in [0, 0.05) is 59.3 Å². The van der Waals surface area contributed by atoms with Crippen LogP contribution in [0.1, 0.15) is 70.9 Å². The molecule has 1 aromatic heterocycles. The number of anilines is 1. The molecule has 0 spiro atoms. The molecule has 0 atom stereocenters. The third-order valence-corrected chi connectivity index (χ3v) is 8.02. The number of pyridine rings is 1. The van der Waals surface area contributed by atoms with Crippen LogP contribution in [0.15, 0.2) is 16.9 Å². The minimum absolute atomic E-state index is 0.00523. The lowest BCUT2D eigenvalue weighted by Gasteiger charge is -2.40. The smallest absolute Gasteiger partial charge is 0.253 e. The number of halogens is 1. The highest BCUT2D eigenvalue weighted by Gasteiger charge is 2.28. The van der Waals surface area contributed by atoms with E-state index in [-0.39, 0.29) is 24.6 Å². The summed E-state index contributed by atoms with van der Waals surface area (Å²) in [5, 5.41) is 12.8. The van der Waals surface area contributed by atoms with Crippen LogP contribution < -0.4 is 15.8 Å². The van der Waals surface area contributed by atoms with E-state index >= 15 is 0 Å². The van der Waals surface area contributed by atoms with Crippen LogP contribution in [-0.4, -0.2) is 60.2 Å². The number of carbonyl (C=O) groups excluding carboxylic acids is 1. The maximum Gasteiger partial charge on any atom is 0.253 e. The summed E-state index contributed by atoms with van der Waals surface area (Å²) in [4.78, 5) is 33.5. The number of aryl methyl sites for hydroxylation is 1. The van der Waals surface area contributed by atoms with Crippen LogP contribution in [0.2, 0.25) is 5.02 Å². The van der Waals surface area contributed by atoms with Crippen LogP contribution >= 0.6 is 11.6 Å². The molecule has 1 aliphatic rings. The number of hydrogen-bond donors (Lipinski definition) is 3. The van der Waals surface area contributed by atoms with E-state index in [1.54, 1.807) is 6.07 Å². The Bertz CT molecular complexity index is 1140. The fourth-order valence-electron chi connectivity index (χ4n) is 5.63. The number of rotatable bonds is 9. The third-order valence-electron chi connectivity index (χ3n) is 7.80. The molecule has 0 bridgehead atoms. The zero-order chi connectivity index (χ0) is 26.6. The molecule has 0 radical (unpaired) electrons. The molecule has 1 aliphatic carbocycles. The molecule has 198 valence electrons.